The van der Waals surface area contributed by atoms with Crippen LogP contribution in [0.2, 0.25) is 0 Å². The van der Waals surface area contributed by atoms with Gasteiger partial charge in [-0.2, -0.15) is 0 Å². The van der Waals surface area contributed by atoms with Gasteiger partial charge in [0, 0.05) is 0 Å². The van der Waals surface area contributed by atoms with Crippen molar-refractivity contribution in [3.8, 4) is 0 Å². The van der Waals surface area contributed by atoms with E-state index in [1.54, 1.807) is 0 Å². The fourth-order valence-corrected chi connectivity index (χ4v) is 2.46. The summed E-state index contributed by atoms with van der Waals surface area (Å²) in [5, 5.41) is 33.6. The summed E-state index contributed by atoms with van der Waals surface area (Å²) in [6, 6.07) is -6.06. The molecule has 0 radical (unpaired) electrons. The van der Waals surface area contributed by atoms with E-state index in [-0.39, 0.29) is 6.42 Å². The van der Waals surface area contributed by atoms with Crippen LogP contribution in [0.25, 0.3) is 0 Å². The largest absolute Gasteiger partial charge is 0.481 e. The maximum atomic E-state index is 12.5. The van der Waals surface area contributed by atoms with E-state index in [2.05, 4.69) is 10.6 Å². The molecule has 4 atom stereocenters. The smallest absolute Gasteiger partial charge is 0.326 e. The van der Waals surface area contributed by atoms with Crippen molar-refractivity contribution in [1.82, 2.24) is 16.0 Å². The first-order chi connectivity index (χ1) is 14.9. The van der Waals surface area contributed by atoms with E-state index in [0.717, 1.165) is 0 Å². The molecular formula is C17H30N6O9. The zero-order valence-electron chi connectivity index (χ0n) is 17.3. The van der Waals surface area contributed by atoms with E-state index in [1.165, 1.54) is 0 Å². The minimum absolute atomic E-state index is 0.0479. The molecule has 0 aromatic rings. The lowest BCUT2D eigenvalue weighted by Gasteiger charge is -2.23. The number of hydrogen-bond donors (Lipinski definition) is 9. The molecule has 4 amide bonds. The summed E-state index contributed by atoms with van der Waals surface area (Å²) in [5.74, 6) is -6.89. The molecule has 0 saturated carbocycles. The van der Waals surface area contributed by atoms with Crippen LogP contribution in [0.15, 0.2) is 0 Å². The molecule has 0 aromatic carbocycles. The lowest BCUT2D eigenvalue weighted by Crippen LogP contribution is -2.58. The van der Waals surface area contributed by atoms with Crippen molar-refractivity contribution < 1.29 is 44.1 Å². The fourth-order valence-electron chi connectivity index (χ4n) is 2.46. The highest BCUT2D eigenvalue weighted by molar-refractivity contribution is 5.96. The minimum Gasteiger partial charge on any atom is -0.481 e. The number of aliphatic carboxylic acids is 2. The van der Waals surface area contributed by atoms with Gasteiger partial charge in [-0.3, -0.25) is 24.0 Å². The van der Waals surface area contributed by atoms with Crippen LogP contribution in [0.3, 0.4) is 0 Å². The first-order valence-electron chi connectivity index (χ1n) is 9.63. The number of aliphatic hydroxyl groups is 1. The lowest BCUT2D eigenvalue weighted by molar-refractivity contribution is -0.142. The second-order valence-corrected chi connectivity index (χ2v) is 6.86. The average Bonchev–Trinajstić information content (AvgIpc) is 2.69. The SMILES string of the molecule is NCCCCC(NC(=O)C(CC(N)=O)NC(=O)C(CO)NC(=O)C(N)CC(=O)O)C(=O)O. The van der Waals surface area contributed by atoms with Gasteiger partial charge in [-0.05, 0) is 25.8 Å². The van der Waals surface area contributed by atoms with Crippen LogP contribution in [0.5, 0.6) is 0 Å². The van der Waals surface area contributed by atoms with Gasteiger partial charge in [0.05, 0.1) is 25.5 Å². The van der Waals surface area contributed by atoms with E-state index < -0.39 is 79.2 Å². The summed E-state index contributed by atoms with van der Waals surface area (Å²) in [6.45, 7) is -0.621. The quantitative estimate of drug-likeness (QED) is 0.0982. The molecule has 182 valence electrons. The maximum absolute atomic E-state index is 12.5. The van der Waals surface area contributed by atoms with Gasteiger partial charge in [0.25, 0.3) is 0 Å². The molecule has 0 heterocycles. The topological polar surface area (TPSA) is 277 Å². The van der Waals surface area contributed by atoms with Crippen LogP contribution < -0.4 is 33.2 Å². The Hall–Kier alpha value is -3.30. The van der Waals surface area contributed by atoms with E-state index in [9.17, 15) is 39.0 Å². The highest BCUT2D eigenvalue weighted by Gasteiger charge is 2.31. The Morgan fingerprint density at radius 3 is 1.78 bits per heavy atom. The second kappa shape index (κ2) is 14.7. The Kier molecular flexibility index (Phi) is 13.1. The summed E-state index contributed by atoms with van der Waals surface area (Å²) in [4.78, 5) is 70.0. The van der Waals surface area contributed by atoms with Gasteiger partial charge in [-0.25, -0.2) is 4.79 Å². The highest BCUT2D eigenvalue weighted by atomic mass is 16.4. The molecule has 15 heteroatoms. The molecule has 0 aliphatic carbocycles. The van der Waals surface area contributed by atoms with Crippen LogP contribution in [0.4, 0.5) is 0 Å². The predicted octanol–water partition coefficient (Wildman–Crippen LogP) is -4.68. The van der Waals surface area contributed by atoms with Crippen LogP contribution >= 0.6 is 0 Å². The molecule has 0 rings (SSSR count). The van der Waals surface area contributed by atoms with Gasteiger partial charge in [0.15, 0.2) is 0 Å². The van der Waals surface area contributed by atoms with Crippen molar-refractivity contribution in [3.63, 3.8) is 0 Å². The number of carboxylic acid groups (broad SMARTS) is 2. The van der Waals surface area contributed by atoms with Crippen LogP contribution in [0.1, 0.15) is 32.1 Å². The van der Waals surface area contributed by atoms with Crippen molar-refractivity contribution in [3.05, 3.63) is 0 Å². The number of nitrogens with two attached hydrogens (primary N) is 3. The van der Waals surface area contributed by atoms with Crippen molar-refractivity contribution in [1.29, 1.82) is 0 Å². The molecule has 0 fully saturated rings. The lowest BCUT2D eigenvalue weighted by atomic mass is 10.1. The molecule has 4 unspecified atom stereocenters. The second-order valence-electron chi connectivity index (χ2n) is 6.86. The third-order valence-electron chi connectivity index (χ3n) is 4.15. The van der Waals surface area contributed by atoms with Gasteiger partial charge in [-0.1, -0.05) is 0 Å². The molecule has 0 aliphatic rings. The van der Waals surface area contributed by atoms with Gasteiger partial charge in [0.1, 0.15) is 18.1 Å². The number of amides is 4. The summed E-state index contributed by atoms with van der Waals surface area (Å²) >= 11 is 0. The number of unbranched alkanes of at least 4 members (excludes halogenated alkanes) is 1. The summed E-state index contributed by atoms with van der Waals surface area (Å²) in [7, 11) is 0. The average molecular weight is 462 g/mol. The van der Waals surface area contributed by atoms with Crippen LogP contribution in [0, 0.1) is 0 Å². The molecule has 0 aromatic heterocycles. The number of nitrogens with one attached hydrogen (secondary N) is 3. The number of aliphatic hydroxyl groups excluding tert-OH is 1. The Morgan fingerprint density at radius 2 is 1.31 bits per heavy atom. The molecule has 0 saturated heterocycles. The zero-order chi connectivity index (χ0) is 24.8. The number of hydrogen-bond acceptors (Lipinski definition) is 9. The number of primary amides is 1. The van der Waals surface area contributed by atoms with E-state index in [4.69, 9.17) is 22.3 Å². The number of carbonyl (C=O) groups excluding carboxylic acids is 4. The Morgan fingerprint density at radius 1 is 0.781 bits per heavy atom. The normalized spacial score (nSPS) is 14.3. The van der Waals surface area contributed by atoms with Crippen LogP contribution in [-0.2, 0) is 28.8 Å². The third-order valence-corrected chi connectivity index (χ3v) is 4.15. The maximum Gasteiger partial charge on any atom is 0.326 e. The van der Waals surface area contributed by atoms with Gasteiger partial charge < -0.3 is 48.5 Å². The summed E-state index contributed by atoms with van der Waals surface area (Å²) in [6.07, 6.45) is -0.471. The summed E-state index contributed by atoms with van der Waals surface area (Å²) < 4.78 is 0. The monoisotopic (exact) mass is 462 g/mol. The number of carbonyl (C=O) groups is 6. The summed E-state index contributed by atoms with van der Waals surface area (Å²) in [5.41, 5.74) is 15.8. The molecule has 32 heavy (non-hydrogen) atoms. The van der Waals surface area contributed by atoms with E-state index in [0.29, 0.717) is 19.4 Å². The standard InChI is InChI=1S/C17H30N6O9/c18-4-2-1-3-9(17(31)32)21-15(29)10(6-12(20)25)22-16(30)11(7-24)23-14(28)8(19)5-13(26)27/h8-11,24H,1-7,18-19H2,(H2,20,25)(H,21,29)(H,22,30)(H,23,28)(H,26,27)(H,31,32). The van der Waals surface area contributed by atoms with Gasteiger partial charge in [0.2, 0.25) is 23.6 Å². The molecule has 15 nitrogen and oxygen atoms in total. The molecular weight excluding hydrogens is 432 g/mol. The molecule has 0 bridgehead atoms. The van der Waals surface area contributed by atoms with E-state index >= 15 is 0 Å². The first kappa shape index (κ1) is 28.7. The Labute approximate surface area is 183 Å². The third kappa shape index (κ3) is 11.2. The fraction of sp³-hybridized carbons (Fsp3) is 0.647. The zero-order valence-corrected chi connectivity index (χ0v) is 17.3. The first-order valence-corrected chi connectivity index (χ1v) is 9.63. The van der Waals surface area contributed by atoms with Crippen LogP contribution in [-0.4, -0.2) is 88.2 Å². The van der Waals surface area contributed by atoms with Gasteiger partial charge >= 0.3 is 11.9 Å². The van der Waals surface area contributed by atoms with Crippen molar-refractivity contribution in [2.75, 3.05) is 13.2 Å². The van der Waals surface area contributed by atoms with Crippen molar-refractivity contribution >= 4 is 35.6 Å². The number of rotatable bonds is 16. The molecule has 0 spiro atoms. The molecule has 12 N–H and O–H groups in total. The molecule has 0 aliphatic heterocycles. The Balaban J connectivity index is 5.24. The van der Waals surface area contributed by atoms with Crippen molar-refractivity contribution in [2.45, 2.75) is 56.3 Å². The highest BCUT2D eigenvalue weighted by Crippen LogP contribution is 2.03. The minimum atomic E-state index is -1.63. The van der Waals surface area contributed by atoms with E-state index in [1.807, 2.05) is 5.32 Å². The van der Waals surface area contributed by atoms with Gasteiger partial charge in [-0.15, -0.1) is 0 Å². The van der Waals surface area contributed by atoms with Crippen molar-refractivity contribution in [2.24, 2.45) is 17.2 Å². The Bertz CT molecular complexity index is 702. The predicted molar refractivity (Wildman–Crippen MR) is 107 cm³/mol. The number of carboxylic acids is 2.